The molecule has 1 aliphatic rings. The van der Waals surface area contributed by atoms with Crippen LogP contribution in [0.25, 0.3) is 5.69 Å². The van der Waals surface area contributed by atoms with E-state index in [0.29, 0.717) is 0 Å². The Kier molecular flexibility index (Phi) is 4.56. The maximum atomic E-state index is 13.9. The Morgan fingerprint density at radius 2 is 1.96 bits per heavy atom. The van der Waals surface area contributed by atoms with E-state index in [1.807, 2.05) is 0 Å². The Bertz CT molecular complexity index is 974. The zero-order chi connectivity index (χ0) is 19.4. The van der Waals surface area contributed by atoms with Gasteiger partial charge in [-0.3, -0.25) is 0 Å². The number of sulfone groups is 1. The summed E-state index contributed by atoms with van der Waals surface area (Å²) < 4.78 is 91.9. The molecule has 2 aromatic rings. The second kappa shape index (κ2) is 6.21. The van der Waals surface area contributed by atoms with Crippen LogP contribution in [0.5, 0.6) is 0 Å². The molecule has 1 unspecified atom stereocenters. The largest absolute Gasteiger partial charge is 0.382 e. The van der Waals surface area contributed by atoms with Gasteiger partial charge in [-0.1, -0.05) is 11.6 Å². The molecule has 1 N–H and O–H groups in total. The van der Waals surface area contributed by atoms with E-state index in [1.165, 1.54) is 6.07 Å². The van der Waals surface area contributed by atoms with Gasteiger partial charge in [-0.15, -0.1) is 0 Å². The fourth-order valence-corrected chi connectivity index (χ4v) is 4.06. The minimum Gasteiger partial charge on any atom is -0.382 e. The number of benzene rings is 1. The van der Waals surface area contributed by atoms with Crippen molar-refractivity contribution in [2.75, 3.05) is 0 Å². The molecule has 0 bridgehead atoms. The van der Waals surface area contributed by atoms with E-state index < -0.39 is 50.3 Å². The van der Waals surface area contributed by atoms with Crippen LogP contribution < -0.4 is 0 Å². The lowest BCUT2D eigenvalue weighted by molar-refractivity contribution is -0.123. The zero-order valence-corrected chi connectivity index (χ0v) is 14.3. The Morgan fingerprint density at radius 1 is 1.31 bits per heavy atom. The number of aliphatic hydroxyl groups is 1. The van der Waals surface area contributed by atoms with Crippen molar-refractivity contribution in [2.24, 2.45) is 0 Å². The van der Waals surface area contributed by atoms with Gasteiger partial charge >= 0.3 is 5.76 Å². The molecule has 1 aliphatic carbocycles. The fraction of sp³-hybridized carbons (Fsp3) is 0.333. The summed E-state index contributed by atoms with van der Waals surface area (Å²) in [4.78, 5) is -1.09. The molecule has 0 amide bonds. The van der Waals surface area contributed by atoms with E-state index in [4.69, 9.17) is 11.6 Å². The third-order valence-corrected chi connectivity index (χ3v) is 5.90. The van der Waals surface area contributed by atoms with Gasteiger partial charge in [0, 0.05) is 29.6 Å². The Balaban J connectivity index is 2.31. The van der Waals surface area contributed by atoms with Gasteiger partial charge < -0.3 is 9.67 Å². The molecular weight excluding hydrogens is 405 g/mol. The molecule has 1 atom stereocenters. The molecule has 4 nitrogen and oxygen atoms in total. The van der Waals surface area contributed by atoms with Gasteiger partial charge in [0.15, 0.2) is 0 Å². The highest BCUT2D eigenvalue weighted by molar-refractivity contribution is 7.91. The average molecular weight is 416 g/mol. The minimum atomic E-state index is -5.26. The van der Waals surface area contributed by atoms with Crippen LogP contribution in [-0.2, 0) is 16.3 Å². The highest BCUT2D eigenvalue weighted by atomic mass is 35.5. The summed E-state index contributed by atoms with van der Waals surface area (Å²) in [6, 6.07) is 3.23. The van der Waals surface area contributed by atoms with Crippen LogP contribution in [0.4, 0.5) is 22.0 Å². The number of fused-ring (bicyclic) bond motifs is 1. The smallest absolute Gasteiger partial charge is 0.341 e. The van der Waals surface area contributed by atoms with Crippen LogP contribution >= 0.6 is 11.6 Å². The van der Waals surface area contributed by atoms with Gasteiger partial charge in [0.1, 0.15) is 11.9 Å². The van der Waals surface area contributed by atoms with Crippen molar-refractivity contribution >= 4 is 21.4 Å². The zero-order valence-electron chi connectivity index (χ0n) is 12.8. The third kappa shape index (κ3) is 2.89. The molecule has 0 aliphatic heterocycles. The summed E-state index contributed by atoms with van der Waals surface area (Å²) >= 11 is 5.67. The number of hydrogen-bond acceptors (Lipinski definition) is 3. The van der Waals surface area contributed by atoms with Crippen molar-refractivity contribution < 1.29 is 35.5 Å². The van der Waals surface area contributed by atoms with Crippen molar-refractivity contribution in [3.8, 4) is 5.69 Å². The van der Waals surface area contributed by atoms with Crippen LogP contribution in [0.3, 0.4) is 0 Å². The summed E-state index contributed by atoms with van der Waals surface area (Å²) in [5.74, 6) is -8.31. The predicted molar refractivity (Wildman–Crippen MR) is 82.2 cm³/mol. The molecule has 0 saturated heterocycles. The predicted octanol–water partition coefficient (Wildman–Crippen LogP) is 3.88. The van der Waals surface area contributed by atoms with E-state index in [1.54, 1.807) is 0 Å². The van der Waals surface area contributed by atoms with Crippen molar-refractivity contribution in [1.82, 2.24) is 4.57 Å². The number of hydrogen-bond donors (Lipinski definition) is 1. The molecule has 26 heavy (non-hydrogen) atoms. The highest BCUT2D eigenvalue weighted by Gasteiger charge is 2.48. The molecule has 11 heteroatoms. The normalized spacial score (nSPS) is 19.6. The highest BCUT2D eigenvalue weighted by Crippen LogP contribution is 2.46. The number of aromatic nitrogens is 1. The topological polar surface area (TPSA) is 59.3 Å². The Hall–Kier alpha value is -1.65. The second-order valence-electron chi connectivity index (χ2n) is 5.79. The summed E-state index contributed by atoms with van der Waals surface area (Å²) in [6.07, 6.45) is -3.03. The quantitative estimate of drug-likeness (QED) is 0.774. The third-order valence-electron chi connectivity index (χ3n) is 4.20. The van der Waals surface area contributed by atoms with Crippen LogP contribution in [0.1, 0.15) is 23.8 Å². The minimum absolute atomic E-state index is 0.0784. The van der Waals surface area contributed by atoms with Crippen molar-refractivity contribution in [3.63, 3.8) is 0 Å². The Morgan fingerprint density at radius 3 is 2.54 bits per heavy atom. The number of alkyl halides is 4. The first-order valence-electron chi connectivity index (χ1n) is 7.24. The van der Waals surface area contributed by atoms with Crippen molar-refractivity contribution in [2.45, 2.75) is 35.5 Å². The lowest BCUT2D eigenvalue weighted by Crippen LogP contribution is -2.33. The van der Waals surface area contributed by atoms with Crippen molar-refractivity contribution in [3.05, 3.63) is 46.5 Å². The van der Waals surface area contributed by atoms with Crippen LogP contribution in [0.2, 0.25) is 5.02 Å². The molecule has 1 aromatic heterocycles. The molecular formula is C15H11ClF5NO3S. The SMILES string of the molecule is O=S(=O)(c1cn(-c2ccc(F)c(Cl)c2)c2c1C(O)C(F)(F)CC2)C(F)F. The first kappa shape index (κ1) is 19.1. The molecule has 142 valence electrons. The molecule has 3 rings (SSSR count). The van der Waals surface area contributed by atoms with E-state index >= 15 is 0 Å². The van der Waals surface area contributed by atoms with E-state index in [-0.39, 0.29) is 22.8 Å². The molecule has 1 heterocycles. The maximum absolute atomic E-state index is 13.9. The number of aliphatic hydroxyl groups excluding tert-OH is 1. The molecule has 0 saturated carbocycles. The van der Waals surface area contributed by atoms with Gasteiger partial charge in [-0.25, -0.2) is 21.6 Å². The monoisotopic (exact) mass is 415 g/mol. The van der Waals surface area contributed by atoms with E-state index in [0.717, 1.165) is 22.9 Å². The van der Waals surface area contributed by atoms with Gasteiger partial charge in [-0.2, -0.15) is 8.78 Å². The molecule has 0 radical (unpaired) electrons. The Labute approximate surface area is 149 Å². The molecule has 0 spiro atoms. The fourth-order valence-electron chi connectivity index (χ4n) is 2.91. The molecule has 1 aromatic carbocycles. The summed E-state index contributed by atoms with van der Waals surface area (Å²) in [7, 11) is -5.26. The second-order valence-corrected chi connectivity index (χ2v) is 8.08. The number of rotatable bonds is 3. The standard InChI is InChI=1S/C15H11ClF5NO3S/c16-8-5-7(1-2-9(8)17)22-6-11(26(24,25)14(18)19)12-10(22)3-4-15(20,21)13(12)23/h1-2,5-6,13-14,23H,3-4H2. The van der Waals surface area contributed by atoms with Gasteiger partial charge in [0.2, 0.25) is 9.84 Å². The van der Waals surface area contributed by atoms with Gasteiger partial charge in [-0.05, 0) is 24.6 Å². The average Bonchev–Trinajstić information content (AvgIpc) is 2.94. The summed E-state index contributed by atoms with van der Waals surface area (Å²) in [5.41, 5.74) is -0.770. The number of nitrogens with zero attached hydrogens (tertiary/aromatic N) is 1. The first-order valence-corrected chi connectivity index (χ1v) is 9.16. The molecule has 0 fully saturated rings. The lowest BCUT2D eigenvalue weighted by Gasteiger charge is -2.29. The summed E-state index contributed by atoms with van der Waals surface area (Å²) in [5, 5.41) is 9.59. The van der Waals surface area contributed by atoms with Crippen LogP contribution in [-0.4, -0.2) is 29.8 Å². The van der Waals surface area contributed by atoms with Gasteiger partial charge in [0.05, 0.1) is 9.92 Å². The summed E-state index contributed by atoms with van der Waals surface area (Å²) in [6.45, 7) is 0. The van der Waals surface area contributed by atoms with E-state index in [9.17, 15) is 35.5 Å². The first-order chi connectivity index (χ1) is 12.0. The maximum Gasteiger partial charge on any atom is 0.341 e. The van der Waals surface area contributed by atoms with Gasteiger partial charge in [0.25, 0.3) is 5.92 Å². The van der Waals surface area contributed by atoms with E-state index in [2.05, 4.69) is 0 Å². The lowest BCUT2D eigenvalue weighted by atomic mass is 9.91. The van der Waals surface area contributed by atoms with Crippen molar-refractivity contribution in [1.29, 1.82) is 0 Å². The number of halogens is 6. The van der Waals surface area contributed by atoms with Crippen LogP contribution in [0.15, 0.2) is 29.3 Å². The van der Waals surface area contributed by atoms with Crippen LogP contribution in [0, 0.1) is 5.82 Å².